The van der Waals surface area contributed by atoms with E-state index in [0.717, 1.165) is 29.0 Å². The fourth-order valence-corrected chi connectivity index (χ4v) is 3.52. The van der Waals surface area contributed by atoms with E-state index >= 15 is 0 Å². The van der Waals surface area contributed by atoms with Crippen LogP contribution in [-0.2, 0) is 5.41 Å². The number of anilines is 1. The maximum Gasteiger partial charge on any atom is 0.137 e. The third-order valence-corrected chi connectivity index (χ3v) is 5.13. The van der Waals surface area contributed by atoms with Crippen LogP contribution in [0.3, 0.4) is 0 Å². The first kappa shape index (κ1) is 14.9. The van der Waals surface area contributed by atoms with Crippen LogP contribution in [0.4, 0.5) is 5.82 Å². The molecule has 24 heavy (non-hydrogen) atoms. The molecule has 0 radical (unpaired) electrons. The van der Waals surface area contributed by atoms with Crippen LogP contribution in [0, 0.1) is 0 Å². The standard InChI is InChI=1S/C20H21N3O/c1-24-16-8-9-17-18(12-16)22-14-23-19(17)21-13-20(10-5-11-20)15-6-3-2-4-7-15/h2-4,6-9,12,14H,5,10-11,13H2,1H3,(H,21,22,23). The summed E-state index contributed by atoms with van der Waals surface area (Å²) in [6.45, 7) is 0.898. The van der Waals surface area contributed by atoms with E-state index in [0.29, 0.717) is 0 Å². The molecule has 1 fully saturated rings. The van der Waals surface area contributed by atoms with Crippen LogP contribution in [0.5, 0.6) is 5.75 Å². The number of nitrogens with one attached hydrogen (secondary N) is 1. The fraction of sp³-hybridized carbons (Fsp3) is 0.300. The molecule has 3 aromatic rings. The fourth-order valence-electron chi connectivity index (χ4n) is 3.52. The molecule has 122 valence electrons. The van der Waals surface area contributed by atoms with Gasteiger partial charge in [0, 0.05) is 23.4 Å². The molecular weight excluding hydrogens is 298 g/mol. The first-order valence-electron chi connectivity index (χ1n) is 8.39. The van der Waals surface area contributed by atoms with Crippen LogP contribution in [0.1, 0.15) is 24.8 Å². The molecule has 1 saturated carbocycles. The van der Waals surface area contributed by atoms with E-state index < -0.39 is 0 Å². The van der Waals surface area contributed by atoms with Crippen molar-refractivity contribution < 1.29 is 4.74 Å². The molecule has 0 atom stereocenters. The van der Waals surface area contributed by atoms with Gasteiger partial charge in [-0.15, -0.1) is 0 Å². The van der Waals surface area contributed by atoms with E-state index in [9.17, 15) is 0 Å². The van der Waals surface area contributed by atoms with Crippen LogP contribution in [0.25, 0.3) is 10.9 Å². The molecule has 0 amide bonds. The summed E-state index contributed by atoms with van der Waals surface area (Å²) in [6, 6.07) is 16.7. The predicted molar refractivity (Wildman–Crippen MR) is 96.6 cm³/mol. The molecule has 0 aliphatic heterocycles. The summed E-state index contributed by atoms with van der Waals surface area (Å²) in [4.78, 5) is 8.81. The molecule has 4 heteroatoms. The zero-order valence-corrected chi connectivity index (χ0v) is 13.8. The minimum Gasteiger partial charge on any atom is -0.497 e. The Bertz CT molecular complexity index is 844. The van der Waals surface area contributed by atoms with Crippen molar-refractivity contribution in [3.8, 4) is 5.75 Å². The lowest BCUT2D eigenvalue weighted by Crippen LogP contribution is -2.41. The van der Waals surface area contributed by atoms with E-state index in [4.69, 9.17) is 4.74 Å². The topological polar surface area (TPSA) is 47.0 Å². The average molecular weight is 319 g/mol. The maximum atomic E-state index is 5.28. The van der Waals surface area contributed by atoms with Crippen molar-refractivity contribution in [2.45, 2.75) is 24.7 Å². The third-order valence-electron chi connectivity index (χ3n) is 5.13. The summed E-state index contributed by atoms with van der Waals surface area (Å²) >= 11 is 0. The van der Waals surface area contributed by atoms with Crippen molar-refractivity contribution in [2.24, 2.45) is 0 Å². The van der Waals surface area contributed by atoms with Crippen LogP contribution in [0.15, 0.2) is 54.9 Å². The number of aromatic nitrogens is 2. The van der Waals surface area contributed by atoms with Gasteiger partial charge in [0.1, 0.15) is 17.9 Å². The van der Waals surface area contributed by atoms with Gasteiger partial charge in [-0.3, -0.25) is 0 Å². The van der Waals surface area contributed by atoms with Crippen molar-refractivity contribution in [3.63, 3.8) is 0 Å². The van der Waals surface area contributed by atoms with Gasteiger partial charge < -0.3 is 10.1 Å². The molecular formula is C20H21N3O. The summed E-state index contributed by atoms with van der Waals surface area (Å²) in [5.74, 6) is 1.71. The zero-order valence-electron chi connectivity index (χ0n) is 13.8. The molecule has 0 unspecified atom stereocenters. The molecule has 4 rings (SSSR count). The highest BCUT2D eigenvalue weighted by Gasteiger charge is 2.38. The van der Waals surface area contributed by atoms with Crippen LogP contribution in [0.2, 0.25) is 0 Å². The Hall–Kier alpha value is -2.62. The first-order chi connectivity index (χ1) is 11.8. The summed E-state index contributed by atoms with van der Waals surface area (Å²) < 4.78 is 5.28. The van der Waals surface area contributed by atoms with Gasteiger partial charge in [-0.2, -0.15) is 0 Å². The number of nitrogens with zero attached hydrogens (tertiary/aromatic N) is 2. The molecule has 1 aliphatic carbocycles. The van der Waals surface area contributed by atoms with E-state index in [1.165, 1.54) is 24.8 Å². The number of fused-ring (bicyclic) bond motifs is 1. The number of ether oxygens (including phenoxy) is 1. The van der Waals surface area contributed by atoms with Gasteiger partial charge in [0.2, 0.25) is 0 Å². The SMILES string of the molecule is COc1ccc2c(NCC3(c4ccccc4)CCC3)ncnc2c1. The molecule has 2 aromatic carbocycles. The van der Waals surface area contributed by atoms with Crippen LogP contribution < -0.4 is 10.1 Å². The summed E-state index contributed by atoms with van der Waals surface area (Å²) in [7, 11) is 1.67. The first-order valence-corrected chi connectivity index (χ1v) is 8.39. The highest BCUT2D eigenvalue weighted by atomic mass is 16.5. The largest absolute Gasteiger partial charge is 0.497 e. The number of rotatable bonds is 5. The lowest BCUT2D eigenvalue weighted by molar-refractivity contribution is 0.260. The van der Waals surface area contributed by atoms with Gasteiger partial charge >= 0.3 is 0 Å². The van der Waals surface area contributed by atoms with Gasteiger partial charge in [0.05, 0.1) is 12.6 Å². The van der Waals surface area contributed by atoms with Gasteiger partial charge in [-0.25, -0.2) is 9.97 Å². The Morgan fingerprint density at radius 1 is 1.08 bits per heavy atom. The lowest BCUT2D eigenvalue weighted by Gasteiger charge is -2.42. The smallest absolute Gasteiger partial charge is 0.137 e. The molecule has 1 aromatic heterocycles. The van der Waals surface area contributed by atoms with Crippen molar-refractivity contribution in [3.05, 3.63) is 60.4 Å². The van der Waals surface area contributed by atoms with Crippen molar-refractivity contribution in [1.29, 1.82) is 0 Å². The van der Waals surface area contributed by atoms with E-state index in [1.54, 1.807) is 13.4 Å². The van der Waals surface area contributed by atoms with E-state index in [-0.39, 0.29) is 5.41 Å². The van der Waals surface area contributed by atoms with Gasteiger partial charge in [-0.1, -0.05) is 36.8 Å². The Kier molecular flexibility index (Phi) is 3.81. The van der Waals surface area contributed by atoms with Crippen molar-refractivity contribution >= 4 is 16.7 Å². The van der Waals surface area contributed by atoms with Crippen LogP contribution in [-0.4, -0.2) is 23.6 Å². The quantitative estimate of drug-likeness (QED) is 0.766. The second-order valence-corrected chi connectivity index (χ2v) is 6.46. The molecule has 0 spiro atoms. The van der Waals surface area contributed by atoms with Crippen molar-refractivity contribution in [1.82, 2.24) is 9.97 Å². The maximum absolute atomic E-state index is 5.28. The van der Waals surface area contributed by atoms with E-state index in [2.05, 4.69) is 45.6 Å². The van der Waals surface area contributed by atoms with Gasteiger partial charge in [0.15, 0.2) is 0 Å². The molecule has 0 bridgehead atoms. The van der Waals surface area contributed by atoms with Gasteiger partial charge in [0.25, 0.3) is 0 Å². The summed E-state index contributed by atoms with van der Waals surface area (Å²) in [5.41, 5.74) is 2.54. The average Bonchev–Trinajstić information content (AvgIpc) is 2.61. The van der Waals surface area contributed by atoms with Crippen molar-refractivity contribution in [2.75, 3.05) is 19.0 Å². The molecule has 4 nitrogen and oxygen atoms in total. The Labute approximate surface area is 141 Å². The highest BCUT2D eigenvalue weighted by molar-refractivity contribution is 5.89. The molecule has 1 aliphatic rings. The zero-order chi connectivity index (χ0) is 16.4. The third kappa shape index (κ3) is 2.58. The summed E-state index contributed by atoms with van der Waals surface area (Å²) in [5, 5.41) is 4.60. The number of benzene rings is 2. The lowest BCUT2D eigenvalue weighted by atomic mass is 9.64. The number of methoxy groups -OCH3 is 1. The number of hydrogen-bond acceptors (Lipinski definition) is 4. The Balaban J connectivity index is 1.60. The minimum atomic E-state index is 0.227. The number of hydrogen-bond donors (Lipinski definition) is 1. The minimum absolute atomic E-state index is 0.227. The molecule has 1 N–H and O–H groups in total. The highest BCUT2D eigenvalue weighted by Crippen LogP contribution is 2.43. The normalized spacial score (nSPS) is 15.7. The summed E-state index contributed by atoms with van der Waals surface area (Å²) in [6.07, 6.45) is 5.35. The second-order valence-electron chi connectivity index (χ2n) is 6.46. The molecule has 1 heterocycles. The Morgan fingerprint density at radius 3 is 2.62 bits per heavy atom. The Morgan fingerprint density at radius 2 is 1.92 bits per heavy atom. The van der Waals surface area contributed by atoms with Crippen LogP contribution >= 0.6 is 0 Å². The van der Waals surface area contributed by atoms with E-state index in [1.807, 2.05) is 18.2 Å². The van der Waals surface area contributed by atoms with Gasteiger partial charge in [-0.05, 0) is 30.5 Å². The second kappa shape index (κ2) is 6.11. The molecule has 0 saturated heterocycles. The monoisotopic (exact) mass is 319 g/mol. The predicted octanol–water partition coefficient (Wildman–Crippen LogP) is 4.17.